The van der Waals surface area contributed by atoms with Gasteiger partial charge in [0.05, 0.1) is 0 Å². The first kappa shape index (κ1) is 9.37. The van der Waals surface area contributed by atoms with Gasteiger partial charge in [0, 0.05) is 13.1 Å². The lowest BCUT2D eigenvalue weighted by Crippen LogP contribution is -2.21. The van der Waals surface area contributed by atoms with E-state index in [-0.39, 0.29) is 5.69 Å². The van der Waals surface area contributed by atoms with Crippen LogP contribution in [0.25, 0.3) is 0 Å². The minimum Gasteiger partial charge on any atom is -0.367 e. The predicted molar refractivity (Wildman–Crippen MR) is 47.8 cm³/mol. The van der Waals surface area contributed by atoms with E-state index in [4.69, 9.17) is 0 Å². The fourth-order valence-electron chi connectivity index (χ4n) is 1.75. The summed E-state index contributed by atoms with van der Waals surface area (Å²) in [5.74, 6) is -2.76. The number of benzene rings is 1. The molecule has 0 unspecified atom stereocenters. The summed E-state index contributed by atoms with van der Waals surface area (Å²) in [7, 11) is 0. The molecule has 0 aromatic heterocycles. The molecule has 2 rings (SSSR count). The topological polar surface area (TPSA) is 3.24 Å². The van der Waals surface area contributed by atoms with Crippen LogP contribution < -0.4 is 4.90 Å². The maximum Gasteiger partial charge on any atom is 0.185 e. The molecule has 14 heavy (non-hydrogen) atoms. The average Bonchev–Trinajstić information content (AvgIpc) is 2.65. The number of hydrogen-bond donors (Lipinski definition) is 0. The standard InChI is InChI=1S/C10H10F3N/c11-7-3-4-8(12)10(9(7)13)14-5-1-2-6-14/h3-4H,1-2,5-6H2. The van der Waals surface area contributed by atoms with Gasteiger partial charge >= 0.3 is 0 Å². The van der Waals surface area contributed by atoms with E-state index in [0.717, 1.165) is 25.0 Å². The Morgan fingerprint density at radius 1 is 0.929 bits per heavy atom. The summed E-state index contributed by atoms with van der Waals surface area (Å²) in [6.07, 6.45) is 1.80. The van der Waals surface area contributed by atoms with E-state index in [9.17, 15) is 13.2 Å². The van der Waals surface area contributed by atoms with Crippen LogP contribution >= 0.6 is 0 Å². The van der Waals surface area contributed by atoms with Crippen LogP contribution in [0.5, 0.6) is 0 Å². The highest BCUT2D eigenvalue weighted by molar-refractivity contribution is 5.50. The molecular weight excluding hydrogens is 191 g/mol. The van der Waals surface area contributed by atoms with Crippen molar-refractivity contribution < 1.29 is 13.2 Å². The molecule has 1 saturated heterocycles. The van der Waals surface area contributed by atoms with Crippen LogP contribution in [0.1, 0.15) is 12.8 Å². The van der Waals surface area contributed by atoms with Crippen molar-refractivity contribution in [3.05, 3.63) is 29.6 Å². The molecule has 1 aliphatic rings. The molecule has 0 amide bonds. The van der Waals surface area contributed by atoms with Gasteiger partial charge in [-0.3, -0.25) is 0 Å². The van der Waals surface area contributed by atoms with Crippen molar-refractivity contribution in [3.8, 4) is 0 Å². The third-order valence-corrected chi connectivity index (χ3v) is 2.44. The van der Waals surface area contributed by atoms with Gasteiger partial charge in [0.2, 0.25) is 0 Å². The van der Waals surface area contributed by atoms with Crippen LogP contribution in [-0.4, -0.2) is 13.1 Å². The molecule has 0 saturated carbocycles. The highest BCUT2D eigenvalue weighted by atomic mass is 19.2. The van der Waals surface area contributed by atoms with Crippen molar-refractivity contribution >= 4 is 5.69 Å². The Balaban J connectivity index is 2.44. The molecule has 0 atom stereocenters. The van der Waals surface area contributed by atoms with E-state index < -0.39 is 17.5 Å². The van der Waals surface area contributed by atoms with Gasteiger partial charge in [0.15, 0.2) is 11.6 Å². The van der Waals surface area contributed by atoms with Crippen molar-refractivity contribution in [2.45, 2.75) is 12.8 Å². The lowest BCUT2D eigenvalue weighted by atomic mass is 10.2. The summed E-state index contributed by atoms with van der Waals surface area (Å²) >= 11 is 0. The number of hydrogen-bond acceptors (Lipinski definition) is 1. The van der Waals surface area contributed by atoms with Gasteiger partial charge < -0.3 is 4.90 Å². The average molecular weight is 201 g/mol. The molecule has 0 bridgehead atoms. The van der Waals surface area contributed by atoms with Crippen LogP contribution in [0, 0.1) is 17.5 Å². The number of nitrogens with zero attached hydrogens (tertiary/aromatic N) is 1. The van der Waals surface area contributed by atoms with E-state index in [1.165, 1.54) is 0 Å². The summed E-state index contributed by atoms with van der Waals surface area (Å²) in [4.78, 5) is 1.55. The Bertz CT molecular complexity index is 345. The first-order valence-electron chi connectivity index (χ1n) is 4.58. The Morgan fingerprint density at radius 2 is 1.50 bits per heavy atom. The molecule has 1 aromatic rings. The van der Waals surface area contributed by atoms with E-state index in [1.54, 1.807) is 4.90 Å². The van der Waals surface area contributed by atoms with E-state index in [1.807, 2.05) is 0 Å². The van der Waals surface area contributed by atoms with Crippen molar-refractivity contribution in [2.24, 2.45) is 0 Å². The quantitative estimate of drug-likeness (QED) is 0.631. The smallest absolute Gasteiger partial charge is 0.185 e. The van der Waals surface area contributed by atoms with E-state index in [2.05, 4.69) is 0 Å². The van der Waals surface area contributed by atoms with Crippen molar-refractivity contribution in [1.82, 2.24) is 0 Å². The summed E-state index contributed by atoms with van der Waals surface area (Å²) in [5, 5.41) is 0. The normalized spacial score (nSPS) is 16.4. The number of rotatable bonds is 1. The lowest BCUT2D eigenvalue weighted by Gasteiger charge is -2.18. The minimum absolute atomic E-state index is 0.220. The second kappa shape index (κ2) is 3.52. The van der Waals surface area contributed by atoms with Gasteiger partial charge in [-0.05, 0) is 25.0 Å². The summed E-state index contributed by atoms with van der Waals surface area (Å²) < 4.78 is 39.3. The maximum absolute atomic E-state index is 13.3. The molecule has 76 valence electrons. The fourth-order valence-corrected chi connectivity index (χ4v) is 1.75. The van der Waals surface area contributed by atoms with Gasteiger partial charge in [-0.15, -0.1) is 0 Å². The summed E-state index contributed by atoms with van der Waals surface area (Å²) in [6, 6.07) is 1.77. The lowest BCUT2D eigenvalue weighted by molar-refractivity contribution is 0.493. The minimum atomic E-state index is -1.08. The summed E-state index contributed by atoms with van der Waals surface area (Å²) in [6.45, 7) is 1.19. The monoisotopic (exact) mass is 201 g/mol. The zero-order valence-corrected chi connectivity index (χ0v) is 7.56. The second-order valence-electron chi connectivity index (χ2n) is 3.39. The largest absolute Gasteiger partial charge is 0.367 e. The third kappa shape index (κ3) is 1.45. The molecule has 1 heterocycles. The molecule has 0 radical (unpaired) electrons. The van der Waals surface area contributed by atoms with Gasteiger partial charge in [-0.25, -0.2) is 13.2 Å². The second-order valence-corrected chi connectivity index (χ2v) is 3.39. The molecule has 1 nitrogen and oxygen atoms in total. The summed E-state index contributed by atoms with van der Waals surface area (Å²) in [5.41, 5.74) is -0.220. The van der Waals surface area contributed by atoms with Crippen LogP contribution in [0.15, 0.2) is 12.1 Å². The van der Waals surface area contributed by atoms with Crippen molar-refractivity contribution in [1.29, 1.82) is 0 Å². The molecule has 1 aliphatic heterocycles. The van der Waals surface area contributed by atoms with Crippen LogP contribution in [-0.2, 0) is 0 Å². The molecule has 1 fully saturated rings. The molecule has 0 N–H and O–H groups in total. The Kier molecular flexibility index (Phi) is 2.35. The van der Waals surface area contributed by atoms with Crippen LogP contribution in [0.4, 0.5) is 18.9 Å². The van der Waals surface area contributed by atoms with E-state index >= 15 is 0 Å². The Morgan fingerprint density at radius 3 is 2.14 bits per heavy atom. The van der Waals surface area contributed by atoms with Gasteiger partial charge in [-0.1, -0.05) is 0 Å². The Hall–Kier alpha value is -1.19. The van der Waals surface area contributed by atoms with Gasteiger partial charge in [0.1, 0.15) is 11.5 Å². The zero-order chi connectivity index (χ0) is 10.1. The maximum atomic E-state index is 13.3. The highest BCUT2D eigenvalue weighted by Crippen LogP contribution is 2.28. The third-order valence-electron chi connectivity index (χ3n) is 2.44. The molecule has 0 aliphatic carbocycles. The number of halogens is 3. The first-order valence-corrected chi connectivity index (χ1v) is 4.58. The molecule has 1 aromatic carbocycles. The van der Waals surface area contributed by atoms with Crippen LogP contribution in [0.3, 0.4) is 0 Å². The molecular formula is C10H10F3N. The molecule has 0 spiro atoms. The predicted octanol–water partition coefficient (Wildman–Crippen LogP) is 2.70. The van der Waals surface area contributed by atoms with Gasteiger partial charge in [0.25, 0.3) is 0 Å². The number of anilines is 1. The highest BCUT2D eigenvalue weighted by Gasteiger charge is 2.22. The SMILES string of the molecule is Fc1ccc(F)c(N2CCCC2)c1F. The van der Waals surface area contributed by atoms with E-state index in [0.29, 0.717) is 13.1 Å². The zero-order valence-electron chi connectivity index (χ0n) is 7.56. The van der Waals surface area contributed by atoms with Crippen LogP contribution in [0.2, 0.25) is 0 Å². The fraction of sp³-hybridized carbons (Fsp3) is 0.400. The van der Waals surface area contributed by atoms with Gasteiger partial charge in [-0.2, -0.15) is 0 Å². The van der Waals surface area contributed by atoms with Crippen molar-refractivity contribution in [2.75, 3.05) is 18.0 Å². The Labute approximate surface area is 80.1 Å². The van der Waals surface area contributed by atoms with Crippen molar-refractivity contribution in [3.63, 3.8) is 0 Å². The first-order chi connectivity index (χ1) is 6.70. The molecule has 4 heteroatoms.